The van der Waals surface area contributed by atoms with E-state index in [9.17, 15) is 9.59 Å². The van der Waals surface area contributed by atoms with E-state index in [4.69, 9.17) is 0 Å². The van der Waals surface area contributed by atoms with Crippen molar-refractivity contribution in [3.8, 4) is 0 Å². The van der Waals surface area contributed by atoms with E-state index in [2.05, 4.69) is 17.6 Å². The minimum atomic E-state index is -0.0349. The number of rotatable bonds is 7. The summed E-state index contributed by atoms with van der Waals surface area (Å²) in [6.45, 7) is 9.47. The molecule has 1 aliphatic heterocycles. The normalized spacial score (nSPS) is 15.7. The molecule has 0 spiro atoms. The zero-order chi connectivity index (χ0) is 18.2. The fourth-order valence-electron chi connectivity index (χ4n) is 3.53. The average molecular weight is 382 g/mol. The number of hydrogen-bond donors (Lipinski definition) is 2. The van der Waals surface area contributed by atoms with Crippen LogP contribution in [-0.4, -0.2) is 42.9 Å². The molecule has 5 nitrogen and oxygen atoms in total. The first kappa shape index (κ1) is 22.5. The highest BCUT2D eigenvalue weighted by atomic mass is 35.5. The minimum Gasteiger partial charge on any atom is -0.339 e. The van der Waals surface area contributed by atoms with Gasteiger partial charge in [0.25, 0.3) is 5.91 Å². The molecule has 1 aliphatic rings. The molecule has 2 N–H and O–H groups in total. The monoisotopic (exact) mass is 381 g/mol. The lowest BCUT2D eigenvalue weighted by molar-refractivity contribution is -0.117. The van der Waals surface area contributed by atoms with Gasteiger partial charge in [-0.25, -0.2) is 0 Å². The number of benzene rings is 1. The number of nitrogens with one attached hydrogen (secondary N) is 2. The maximum absolute atomic E-state index is 12.6. The molecule has 1 atom stereocenters. The van der Waals surface area contributed by atoms with Crippen molar-refractivity contribution in [2.75, 3.05) is 31.5 Å². The van der Waals surface area contributed by atoms with Gasteiger partial charge in [0.15, 0.2) is 0 Å². The van der Waals surface area contributed by atoms with Crippen molar-refractivity contribution in [3.63, 3.8) is 0 Å². The summed E-state index contributed by atoms with van der Waals surface area (Å²) in [6.07, 6.45) is 2.76. The predicted octanol–water partition coefficient (Wildman–Crippen LogP) is 3.55. The van der Waals surface area contributed by atoms with Crippen molar-refractivity contribution >= 4 is 29.9 Å². The molecule has 0 bridgehead atoms. The molecule has 1 unspecified atom stereocenters. The molecule has 6 heteroatoms. The number of amides is 2. The van der Waals surface area contributed by atoms with Crippen LogP contribution >= 0.6 is 12.4 Å². The van der Waals surface area contributed by atoms with Crippen LogP contribution in [0.3, 0.4) is 0 Å². The lowest BCUT2D eigenvalue weighted by Gasteiger charge is -2.28. The molecule has 0 radical (unpaired) electrons. The van der Waals surface area contributed by atoms with Crippen molar-refractivity contribution in [2.45, 2.75) is 40.0 Å². The van der Waals surface area contributed by atoms with Crippen LogP contribution in [0, 0.1) is 11.8 Å². The fourth-order valence-corrected chi connectivity index (χ4v) is 3.53. The highest BCUT2D eigenvalue weighted by Gasteiger charge is 2.23. The number of nitrogens with zero attached hydrogens (tertiary/aromatic N) is 1. The van der Waals surface area contributed by atoms with Gasteiger partial charge in [-0.15, -0.1) is 12.4 Å². The number of hydrogen-bond acceptors (Lipinski definition) is 3. The van der Waals surface area contributed by atoms with E-state index in [0.717, 1.165) is 25.9 Å². The molecule has 0 saturated carbocycles. The molecule has 146 valence electrons. The lowest BCUT2D eigenvalue weighted by Crippen LogP contribution is -2.33. The summed E-state index contributed by atoms with van der Waals surface area (Å²) in [5, 5.41) is 6.32. The first-order chi connectivity index (χ1) is 12.1. The molecule has 1 aromatic carbocycles. The largest absolute Gasteiger partial charge is 0.339 e. The molecule has 1 heterocycles. The van der Waals surface area contributed by atoms with E-state index in [0.29, 0.717) is 42.6 Å². The highest BCUT2D eigenvalue weighted by Crippen LogP contribution is 2.25. The Morgan fingerprint density at radius 1 is 1.19 bits per heavy atom. The van der Waals surface area contributed by atoms with E-state index in [-0.39, 0.29) is 24.2 Å². The van der Waals surface area contributed by atoms with Crippen LogP contribution < -0.4 is 10.6 Å². The summed E-state index contributed by atoms with van der Waals surface area (Å²) in [5.41, 5.74) is 1.18. The number of anilines is 1. The molecule has 2 rings (SSSR count). The standard InChI is InChI=1S/C20H31N3O2.ClH/c1-4-23(5-2)20(25)17-8-6-7-9-18(17)22-19(24)14-15(3)16-10-12-21-13-11-16;/h6-9,15-16,21H,4-5,10-14H2,1-3H3,(H,22,24);1H. The van der Waals surface area contributed by atoms with Crippen molar-refractivity contribution in [1.82, 2.24) is 10.2 Å². The Hall–Kier alpha value is -1.59. The van der Waals surface area contributed by atoms with Crippen LogP contribution in [-0.2, 0) is 4.79 Å². The summed E-state index contributed by atoms with van der Waals surface area (Å²) in [5.74, 6) is 0.908. The van der Waals surface area contributed by atoms with Crippen molar-refractivity contribution in [3.05, 3.63) is 29.8 Å². The van der Waals surface area contributed by atoms with Gasteiger partial charge in [0.2, 0.25) is 5.91 Å². The van der Waals surface area contributed by atoms with E-state index in [1.165, 1.54) is 0 Å². The number of para-hydroxylation sites is 1. The summed E-state index contributed by atoms with van der Waals surface area (Å²) in [4.78, 5) is 26.9. The van der Waals surface area contributed by atoms with Crippen molar-refractivity contribution in [1.29, 1.82) is 0 Å². The van der Waals surface area contributed by atoms with Gasteiger partial charge in [-0.1, -0.05) is 19.1 Å². The van der Waals surface area contributed by atoms with E-state index >= 15 is 0 Å². The number of carbonyl (C=O) groups excluding carboxylic acids is 2. The Morgan fingerprint density at radius 2 is 1.81 bits per heavy atom. The summed E-state index contributed by atoms with van der Waals surface area (Å²) in [7, 11) is 0. The van der Waals surface area contributed by atoms with Gasteiger partial charge < -0.3 is 15.5 Å². The molecule has 1 fully saturated rings. The average Bonchev–Trinajstić information content (AvgIpc) is 2.63. The topological polar surface area (TPSA) is 61.4 Å². The third-order valence-corrected chi connectivity index (χ3v) is 5.18. The fraction of sp³-hybridized carbons (Fsp3) is 0.600. The maximum atomic E-state index is 12.6. The minimum absolute atomic E-state index is 0. The summed E-state index contributed by atoms with van der Waals surface area (Å²) < 4.78 is 0. The van der Waals surface area contributed by atoms with E-state index in [1.807, 2.05) is 32.0 Å². The van der Waals surface area contributed by atoms with Crippen LogP contribution in [0.2, 0.25) is 0 Å². The van der Waals surface area contributed by atoms with Crippen LogP contribution in [0.1, 0.15) is 50.4 Å². The molecule has 26 heavy (non-hydrogen) atoms. The van der Waals surface area contributed by atoms with Gasteiger partial charge in [0.05, 0.1) is 11.3 Å². The Kier molecular flexibility index (Phi) is 9.66. The van der Waals surface area contributed by atoms with Crippen molar-refractivity contribution in [2.24, 2.45) is 11.8 Å². The van der Waals surface area contributed by atoms with Crippen molar-refractivity contribution < 1.29 is 9.59 Å². The van der Waals surface area contributed by atoms with Gasteiger partial charge in [0.1, 0.15) is 0 Å². The Labute approximate surface area is 163 Å². The Balaban J connectivity index is 0.00000338. The van der Waals surface area contributed by atoms with Gasteiger partial charge in [0, 0.05) is 19.5 Å². The second-order valence-electron chi connectivity index (χ2n) is 6.84. The van der Waals surface area contributed by atoms with Gasteiger partial charge in [-0.2, -0.15) is 0 Å². The zero-order valence-electron chi connectivity index (χ0n) is 16.1. The van der Waals surface area contributed by atoms with Gasteiger partial charge in [-0.3, -0.25) is 9.59 Å². The van der Waals surface area contributed by atoms with Crippen LogP contribution in [0.25, 0.3) is 0 Å². The maximum Gasteiger partial charge on any atom is 0.255 e. The predicted molar refractivity (Wildman–Crippen MR) is 109 cm³/mol. The number of halogens is 1. The molecule has 1 saturated heterocycles. The lowest BCUT2D eigenvalue weighted by atomic mass is 9.84. The Morgan fingerprint density at radius 3 is 2.42 bits per heavy atom. The summed E-state index contributed by atoms with van der Waals surface area (Å²) >= 11 is 0. The van der Waals surface area contributed by atoms with Gasteiger partial charge in [-0.05, 0) is 63.7 Å². The van der Waals surface area contributed by atoms with Crippen LogP contribution in [0.15, 0.2) is 24.3 Å². The SMILES string of the molecule is CCN(CC)C(=O)c1ccccc1NC(=O)CC(C)C1CCNCC1.Cl. The third-order valence-electron chi connectivity index (χ3n) is 5.18. The number of piperidine rings is 1. The molecule has 1 aromatic rings. The van der Waals surface area contributed by atoms with Crippen LogP contribution in [0.4, 0.5) is 5.69 Å². The second kappa shape index (κ2) is 11.2. The smallest absolute Gasteiger partial charge is 0.255 e. The van der Waals surface area contributed by atoms with E-state index < -0.39 is 0 Å². The molecule has 0 aliphatic carbocycles. The molecule has 0 aromatic heterocycles. The molecule has 2 amide bonds. The third kappa shape index (κ3) is 5.99. The number of carbonyl (C=O) groups is 2. The van der Waals surface area contributed by atoms with Crippen LogP contribution in [0.5, 0.6) is 0 Å². The van der Waals surface area contributed by atoms with E-state index in [1.54, 1.807) is 11.0 Å². The second-order valence-corrected chi connectivity index (χ2v) is 6.84. The molecular weight excluding hydrogens is 350 g/mol. The first-order valence-corrected chi connectivity index (χ1v) is 9.45. The Bertz CT molecular complexity index is 584. The summed E-state index contributed by atoms with van der Waals surface area (Å²) in [6, 6.07) is 7.28. The quantitative estimate of drug-likeness (QED) is 0.759. The zero-order valence-corrected chi connectivity index (χ0v) is 16.9. The molecular formula is C20H32ClN3O2. The van der Waals surface area contributed by atoms with Gasteiger partial charge >= 0.3 is 0 Å². The highest BCUT2D eigenvalue weighted by molar-refractivity contribution is 6.03. The first-order valence-electron chi connectivity index (χ1n) is 9.45.